The van der Waals surface area contributed by atoms with Gasteiger partial charge in [-0.05, 0) is 59.7 Å². The molecular weight excluding hydrogens is 793 g/mol. The van der Waals surface area contributed by atoms with Gasteiger partial charge in [0.25, 0.3) is 0 Å². The molecule has 0 saturated carbocycles. The van der Waals surface area contributed by atoms with Crippen molar-refractivity contribution in [2.75, 3.05) is 0 Å². The van der Waals surface area contributed by atoms with Crippen molar-refractivity contribution in [2.45, 2.75) is 0 Å². The van der Waals surface area contributed by atoms with E-state index in [0.29, 0.717) is 22.1 Å². The van der Waals surface area contributed by atoms with E-state index >= 15 is 0 Å². The Morgan fingerprint density at radius 2 is 0.919 bits per heavy atom. The number of thiophene rings is 2. The number of nitrogens with zero attached hydrogens (tertiary/aromatic N) is 4. The molecule has 13 aromatic rings. The van der Waals surface area contributed by atoms with E-state index < -0.39 is 66.0 Å². The lowest BCUT2D eigenvalue weighted by Gasteiger charge is -2.25. The van der Waals surface area contributed by atoms with Crippen LogP contribution in [0.5, 0.6) is 0 Å². The minimum Gasteiger partial charge on any atom is -0.318 e. The highest BCUT2D eigenvalue weighted by Gasteiger charge is 2.32. The molecule has 0 aliphatic rings. The lowest BCUT2D eigenvalue weighted by molar-refractivity contribution is 1.14. The van der Waals surface area contributed by atoms with Crippen LogP contribution in [0.4, 0.5) is 5.69 Å². The summed E-state index contributed by atoms with van der Waals surface area (Å²) in [4.78, 5) is 4.19. The first-order valence-corrected chi connectivity index (χ1v) is 21.3. The number of benzene rings is 9. The number of hydrogen-bond donors (Lipinski definition) is 0. The minimum absolute atomic E-state index is 0.0132. The number of para-hydroxylation sites is 2. The van der Waals surface area contributed by atoms with Gasteiger partial charge < -0.3 is 9.13 Å². The topological polar surface area (TPSA) is 38.0 Å². The summed E-state index contributed by atoms with van der Waals surface area (Å²) >= 11 is 3.14. The third-order valence-corrected chi connectivity index (χ3v) is 14.2. The zero-order valence-electron chi connectivity index (χ0n) is 42.2. The summed E-state index contributed by atoms with van der Waals surface area (Å²) in [7, 11) is 0. The predicted molar refractivity (Wildman–Crippen MR) is 263 cm³/mol. The fourth-order valence-corrected chi connectivity index (χ4v) is 11.7. The van der Waals surface area contributed by atoms with E-state index in [1.807, 2.05) is 106 Å². The molecule has 0 saturated heterocycles. The van der Waals surface area contributed by atoms with E-state index in [2.05, 4.69) is 35.2 Å². The lowest BCUT2D eigenvalue weighted by atomic mass is 9.88. The highest BCUT2D eigenvalue weighted by molar-refractivity contribution is 7.26. The van der Waals surface area contributed by atoms with E-state index in [-0.39, 0.29) is 39.3 Å². The van der Waals surface area contributed by atoms with Crippen LogP contribution in [0.2, 0.25) is 0 Å². The maximum atomic E-state index is 12.0. The van der Waals surface area contributed by atoms with Crippen molar-refractivity contribution in [3.63, 3.8) is 0 Å². The third-order valence-electron chi connectivity index (χ3n) is 11.9. The van der Waals surface area contributed by atoms with Crippen molar-refractivity contribution < 1.29 is 13.7 Å². The molecule has 4 aromatic heterocycles. The summed E-state index contributed by atoms with van der Waals surface area (Å²) < 4.78 is 99.4. The maximum absolute atomic E-state index is 12.0. The molecule has 0 aliphatic heterocycles. The second-order valence-electron chi connectivity index (χ2n) is 15.0. The van der Waals surface area contributed by atoms with Crippen molar-refractivity contribution in [1.29, 1.82) is 5.26 Å². The van der Waals surface area contributed by atoms with E-state index in [4.69, 9.17) is 8.22 Å². The van der Waals surface area contributed by atoms with Crippen LogP contribution in [0.15, 0.2) is 182 Å². The van der Waals surface area contributed by atoms with Crippen LogP contribution in [0.25, 0.3) is 122 Å². The van der Waals surface area contributed by atoms with Crippen LogP contribution in [0.1, 0.15) is 19.3 Å². The van der Waals surface area contributed by atoms with Crippen LogP contribution in [-0.4, -0.2) is 9.13 Å². The van der Waals surface area contributed by atoms with Gasteiger partial charge in [0, 0.05) is 73.0 Å². The highest BCUT2D eigenvalue weighted by Crippen LogP contribution is 2.53. The Labute approximate surface area is 377 Å². The fraction of sp³-hybridized carbons (Fsp3) is 0. The second kappa shape index (κ2) is 13.3. The number of fused-ring (bicyclic) bond motifs is 12. The van der Waals surface area contributed by atoms with Crippen molar-refractivity contribution in [2.24, 2.45) is 0 Å². The Morgan fingerprint density at radius 1 is 0.468 bits per heavy atom. The first kappa shape index (κ1) is 26.3. The second-order valence-corrected chi connectivity index (χ2v) is 17.2. The third kappa shape index (κ3) is 4.79. The largest absolute Gasteiger partial charge is 0.318 e. The fourth-order valence-electron chi connectivity index (χ4n) is 9.46. The molecule has 6 heteroatoms. The molecule has 0 aliphatic carbocycles. The van der Waals surface area contributed by atoms with E-state index in [9.17, 15) is 17.3 Å². The molecule has 0 bridgehead atoms. The molecular formula is C56H30N4S2. The first-order valence-electron chi connectivity index (χ1n) is 24.7. The van der Waals surface area contributed by atoms with Crippen molar-refractivity contribution in [3.8, 4) is 39.7 Å². The summed E-state index contributed by atoms with van der Waals surface area (Å²) in [5.74, 6) is 0. The van der Waals surface area contributed by atoms with Crippen LogP contribution < -0.4 is 0 Å². The van der Waals surface area contributed by atoms with Gasteiger partial charge in [-0.3, -0.25) is 0 Å². The van der Waals surface area contributed by atoms with Crippen LogP contribution in [-0.2, 0) is 0 Å². The number of rotatable bonds is 4. The Balaban J connectivity index is 1.36. The van der Waals surface area contributed by atoms with Gasteiger partial charge in [-0.25, -0.2) is 4.85 Å². The predicted octanol–water partition coefficient (Wildman–Crippen LogP) is 16.4. The normalized spacial score (nSPS) is 14.1. The maximum Gasteiger partial charge on any atom is 0.220 e. The van der Waals surface area contributed by atoms with Gasteiger partial charge in [-0.1, -0.05) is 133 Å². The first-order chi connectivity index (χ1) is 34.8. The lowest BCUT2D eigenvalue weighted by Crippen LogP contribution is -2.08. The average Bonchev–Trinajstić information content (AvgIpc) is 4.14. The molecule has 9 aromatic carbocycles. The van der Waals surface area contributed by atoms with E-state index in [1.165, 1.54) is 0 Å². The Morgan fingerprint density at radius 3 is 1.42 bits per heavy atom. The molecule has 286 valence electrons. The molecule has 0 atom stereocenters. The Kier molecular flexibility index (Phi) is 5.61. The molecule has 0 radical (unpaired) electrons. The van der Waals surface area contributed by atoms with Crippen molar-refractivity contribution >= 4 is 112 Å². The monoisotopic (exact) mass is 832 g/mol. The molecule has 0 N–H and O–H groups in total. The zero-order valence-corrected chi connectivity index (χ0v) is 33.8. The standard InChI is InChI=1S/C56H30N4S2/c1-58-54-52(33-16-4-2-5-17-33)43(32-57)55(59-44-24-12-8-20-35(44)39-28-41-37-22-10-14-26-48(37)61-50(41)30-46(39)59)53(34-18-6-3-7-19-34)56(54)60-45-25-13-9-21-36(45)40-29-42-38-23-11-15-27-49(38)62-51(42)31-47(40)60/h2-31H/i2D,3D,4D,5D,6D,7D,16D,17D,18D,19D. The van der Waals surface area contributed by atoms with E-state index in [1.54, 1.807) is 22.7 Å². The summed E-state index contributed by atoms with van der Waals surface area (Å²) in [6.07, 6.45) is 0. The summed E-state index contributed by atoms with van der Waals surface area (Å²) in [5.41, 5.74) is 0.555. The van der Waals surface area contributed by atoms with Gasteiger partial charge >= 0.3 is 0 Å². The highest BCUT2D eigenvalue weighted by atomic mass is 32.1. The molecule has 13 rings (SSSR count). The molecule has 0 spiro atoms. The smallest absolute Gasteiger partial charge is 0.220 e. The number of aromatic nitrogens is 2. The summed E-state index contributed by atoms with van der Waals surface area (Å²) in [5, 5.41) is 19.1. The number of nitriles is 1. The SMILES string of the molecule is [2H]c1c([2H])c([2H])c(-c2c(C#N)c(-n3c4ccccc4c4cc5c(cc43)sc3ccccc35)c(-c3c([2H])c([2H])c([2H])c([2H])c3[2H])c(-n3c4ccccc4c4cc5c(cc43)sc3ccccc35)c2[N+]#[C-])c([2H])c1[2H]. The Bertz CT molecular complexity index is 4460. The van der Waals surface area contributed by atoms with Gasteiger partial charge in [-0.2, -0.15) is 5.26 Å². The van der Waals surface area contributed by atoms with Crippen LogP contribution >= 0.6 is 22.7 Å². The average molecular weight is 833 g/mol. The summed E-state index contributed by atoms with van der Waals surface area (Å²) in [6, 6.07) is 35.2. The zero-order chi connectivity index (χ0) is 49.8. The van der Waals surface area contributed by atoms with Gasteiger partial charge in [0.2, 0.25) is 5.69 Å². The van der Waals surface area contributed by atoms with Gasteiger partial charge in [-0.15, -0.1) is 22.7 Å². The van der Waals surface area contributed by atoms with Crippen LogP contribution in [0, 0.1) is 17.9 Å². The number of hydrogen-bond acceptors (Lipinski definition) is 3. The van der Waals surface area contributed by atoms with Crippen molar-refractivity contribution in [3.05, 3.63) is 199 Å². The molecule has 62 heavy (non-hydrogen) atoms. The molecule has 0 amide bonds. The van der Waals surface area contributed by atoms with Crippen LogP contribution in [0.3, 0.4) is 0 Å². The van der Waals surface area contributed by atoms with E-state index in [0.717, 1.165) is 61.9 Å². The Hall–Kier alpha value is -8.00. The van der Waals surface area contributed by atoms with Gasteiger partial charge in [0.05, 0.1) is 59.3 Å². The molecule has 0 fully saturated rings. The minimum atomic E-state index is -0.684. The molecule has 4 heterocycles. The molecule has 0 unspecified atom stereocenters. The molecule has 4 nitrogen and oxygen atoms in total. The summed E-state index contributed by atoms with van der Waals surface area (Å²) in [6.45, 7) is 9.24. The van der Waals surface area contributed by atoms with Gasteiger partial charge in [0.15, 0.2) is 0 Å². The quantitative estimate of drug-likeness (QED) is 0.163. The van der Waals surface area contributed by atoms with Gasteiger partial charge in [0.1, 0.15) is 6.07 Å². The van der Waals surface area contributed by atoms with Crippen molar-refractivity contribution in [1.82, 2.24) is 9.13 Å².